The highest BCUT2D eigenvalue weighted by Crippen LogP contribution is 2.21. The molecule has 15 heavy (non-hydrogen) atoms. The van der Waals surface area contributed by atoms with E-state index in [0.717, 1.165) is 17.6 Å². The van der Waals surface area contributed by atoms with Gasteiger partial charge in [0.15, 0.2) is 0 Å². The molecule has 5 heteroatoms. The summed E-state index contributed by atoms with van der Waals surface area (Å²) in [6.07, 6.45) is 2.71. The number of rotatable bonds is 3. The van der Waals surface area contributed by atoms with Gasteiger partial charge in [-0.05, 0) is 28.3 Å². The maximum Gasteiger partial charge on any atom is 0.291 e. The number of halogens is 1. The molecular formula is C10H14BrN3O. The summed E-state index contributed by atoms with van der Waals surface area (Å²) in [5.41, 5.74) is 0. The smallest absolute Gasteiger partial charge is 0.291 e. The minimum absolute atomic E-state index is 0.0429. The largest absolute Gasteiger partial charge is 0.318 e. The van der Waals surface area contributed by atoms with Crippen LogP contribution in [0.4, 0.5) is 0 Å². The molecule has 0 N–H and O–H groups in total. The van der Waals surface area contributed by atoms with Crippen molar-refractivity contribution < 1.29 is 4.79 Å². The molecule has 1 aliphatic rings. The zero-order valence-corrected chi connectivity index (χ0v) is 10.5. The van der Waals surface area contributed by atoms with Crippen LogP contribution in [0, 0.1) is 5.92 Å². The Hall–Kier alpha value is -0.840. The van der Waals surface area contributed by atoms with Crippen molar-refractivity contribution in [3.8, 4) is 0 Å². The number of imidazole rings is 1. The second kappa shape index (κ2) is 3.96. The zero-order valence-electron chi connectivity index (χ0n) is 8.90. The van der Waals surface area contributed by atoms with Crippen LogP contribution in [-0.4, -0.2) is 26.9 Å². The molecule has 0 unspecified atom stereocenters. The van der Waals surface area contributed by atoms with Crippen molar-refractivity contribution in [3.63, 3.8) is 0 Å². The van der Waals surface area contributed by atoms with E-state index in [0.29, 0.717) is 18.4 Å². The van der Waals surface area contributed by atoms with Crippen molar-refractivity contribution in [1.29, 1.82) is 0 Å². The van der Waals surface area contributed by atoms with Gasteiger partial charge in [-0.1, -0.05) is 13.8 Å². The Morgan fingerprint density at radius 3 is 2.93 bits per heavy atom. The molecule has 1 aliphatic heterocycles. The maximum absolute atomic E-state index is 11.8. The average molecular weight is 272 g/mol. The normalized spacial score (nSPS) is 15.2. The van der Waals surface area contributed by atoms with Gasteiger partial charge < -0.3 is 4.90 Å². The molecule has 0 saturated carbocycles. The van der Waals surface area contributed by atoms with Crippen molar-refractivity contribution in [2.45, 2.75) is 26.9 Å². The van der Waals surface area contributed by atoms with E-state index in [2.05, 4.69) is 34.8 Å². The van der Waals surface area contributed by atoms with Crippen molar-refractivity contribution in [2.75, 3.05) is 6.54 Å². The molecule has 2 rings (SSSR count). The van der Waals surface area contributed by atoms with E-state index in [1.165, 1.54) is 0 Å². The van der Waals surface area contributed by atoms with Crippen molar-refractivity contribution in [2.24, 2.45) is 5.92 Å². The van der Waals surface area contributed by atoms with E-state index in [4.69, 9.17) is 0 Å². The molecule has 0 atom stereocenters. The van der Waals surface area contributed by atoms with Crippen molar-refractivity contribution in [3.05, 3.63) is 16.6 Å². The first-order chi connectivity index (χ1) is 7.09. The van der Waals surface area contributed by atoms with Gasteiger partial charge in [-0.25, -0.2) is 4.98 Å². The molecular weight excluding hydrogens is 258 g/mol. The highest BCUT2D eigenvalue weighted by atomic mass is 79.9. The highest BCUT2D eigenvalue weighted by Gasteiger charge is 2.29. The van der Waals surface area contributed by atoms with Gasteiger partial charge in [0, 0.05) is 6.54 Å². The molecule has 0 spiro atoms. The van der Waals surface area contributed by atoms with E-state index in [1.807, 2.05) is 9.47 Å². The molecule has 4 nitrogen and oxygen atoms in total. The van der Waals surface area contributed by atoms with Crippen LogP contribution in [0.1, 0.15) is 30.9 Å². The first kappa shape index (κ1) is 10.7. The number of carbonyl (C=O) groups excluding carboxylic acids is 1. The Kier molecular flexibility index (Phi) is 2.82. The van der Waals surface area contributed by atoms with Crippen LogP contribution in [0.15, 0.2) is 10.8 Å². The molecule has 0 fully saturated rings. The lowest BCUT2D eigenvalue weighted by atomic mass is 10.1. The van der Waals surface area contributed by atoms with Crippen LogP contribution in [0.2, 0.25) is 0 Å². The summed E-state index contributed by atoms with van der Waals surface area (Å²) in [4.78, 5) is 17.8. The maximum atomic E-state index is 11.8. The third-order valence-corrected chi connectivity index (χ3v) is 3.21. The molecule has 1 aromatic rings. The number of carbonyl (C=O) groups is 1. The van der Waals surface area contributed by atoms with Crippen LogP contribution in [0.5, 0.6) is 0 Å². The van der Waals surface area contributed by atoms with Crippen LogP contribution >= 0.6 is 15.9 Å². The number of hydrogen-bond donors (Lipinski definition) is 0. The van der Waals surface area contributed by atoms with Gasteiger partial charge in [-0.15, -0.1) is 0 Å². The summed E-state index contributed by atoms with van der Waals surface area (Å²) < 4.78 is 2.76. The van der Waals surface area contributed by atoms with E-state index in [1.54, 1.807) is 6.20 Å². The van der Waals surface area contributed by atoms with Gasteiger partial charge in [0.2, 0.25) is 5.82 Å². The summed E-state index contributed by atoms with van der Waals surface area (Å²) in [5.74, 6) is 1.21. The Bertz CT molecular complexity index is 386. The lowest BCUT2D eigenvalue weighted by Gasteiger charge is -2.16. The molecule has 1 aromatic heterocycles. The predicted molar refractivity (Wildman–Crippen MR) is 60.4 cm³/mol. The van der Waals surface area contributed by atoms with E-state index in [-0.39, 0.29) is 5.91 Å². The zero-order chi connectivity index (χ0) is 11.0. The number of fused-ring (bicyclic) bond motifs is 1. The van der Waals surface area contributed by atoms with Gasteiger partial charge in [0.1, 0.15) is 11.3 Å². The number of aromatic nitrogens is 2. The first-order valence-corrected chi connectivity index (χ1v) is 5.89. The standard InChI is InChI=1S/C10H14BrN3O/c1-7(2)3-4-13-6-14-8(11)5-12-9(14)10(13)15/h5,7H,3-4,6H2,1-2H3. The van der Waals surface area contributed by atoms with Crippen LogP contribution in [-0.2, 0) is 6.67 Å². The Balaban J connectivity index is 2.07. The molecule has 0 radical (unpaired) electrons. The second-order valence-electron chi connectivity index (χ2n) is 4.23. The van der Waals surface area contributed by atoms with E-state index < -0.39 is 0 Å². The molecule has 82 valence electrons. The minimum Gasteiger partial charge on any atom is -0.318 e. The summed E-state index contributed by atoms with van der Waals surface area (Å²) in [6, 6.07) is 0. The molecule has 0 bridgehead atoms. The monoisotopic (exact) mass is 271 g/mol. The fraction of sp³-hybridized carbons (Fsp3) is 0.600. The molecule has 1 amide bonds. The summed E-state index contributed by atoms with van der Waals surface area (Å²) >= 11 is 3.37. The SMILES string of the molecule is CC(C)CCN1Cn2c(Br)cnc2C1=O. The summed E-state index contributed by atoms with van der Waals surface area (Å²) in [5, 5.41) is 0. The molecule has 0 aromatic carbocycles. The summed E-state index contributed by atoms with van der Waals surface area (Å²) in [7, 11) is 0. The molecule has 0 aliphatic carbocycles. The lowest BCUT2D eigenvalue weighted by molar-refractivity contribution is 0.0758. The topological polar surface area (TPSA) is 38.1 Å². The van der Waals surface area contributed by atoms with Crippen molar-refractivity contribution >= 4 is 21.8 Å². The van der Waals surface area contributed by atoms with Crippen LogP contribution in [0.25, 0.3) is 0 Å². The highest BCUT2D eigenvalue weighted by molar-refractivity contribution is 9.10. The fourth-order valence-corrected chi connectivity index (χ4v) is 2.01. The van der Waals surface area contributed by atoms with E-state index in [9.17, 15) is 4.79 Å². The lowest BCUT2D eigenvalue weighted by Crippen LogP contribution is -2.26. The van der Waals surface area contributed by atoms with Gasteiger partial charge >= 0.3 is 0 Å². The Labute approximate surface area is 97.4 Å². The fourth-order valence-electron chi connectivity index (χ4n) is 1.62. The predicted octanol–water partition coefficient (Wildman–Crippen LogP) is 2.10. The van der Waals surface area contributed by atoms with E-state index >= 15 is 0 Å². The first-order valence-electron chi connectivity index (χ1n) is 5.10. The van der Waals surface area contributed by atoms with Gasteiger partial charge in [0.05, 0.1) is 6.20 Å². The molecule has 0 saturated heterocycles. The number of hydrogen-bond acceptors (Lipinski definition) is 2. The summed E-state index contributed by atoms with van der Waals surface area (Å²) in [6.45, 7) is 5.76. The van der Waals surface area contributed by atoms with Gasteiger partial charge in [-0.3, -0.25) is 9.36 Å². The number of amides is 1. The number of nitrogens with zero attached hydrogens (tertiary/aromatic N) is 3. The average Bonchev–Trinajstić information content (AvgIpc) is 2.67. The van der Waals surface area contributed by atoms with Crippen molar-refractivity contribution in [1.82, 2.24) is 14.5 Å². The Morgan fingerprint density at radius 2 is 2.33 bits per heavy atom. The van der Waals surface area contributed by atoms with Crippen LogP contribution < -0.4 is 0 Å². The van der Waals surface area contributed by atoms with Gasteiger partial charge in [0.25, 0.3) is 5.91 Å². The minimum atomic E-state index is 0.0429. The second-order valence-corrected chi connectivity index (χ2v) is 5.04. The third-order valence-electron chi connectivity index (χ3n) is 2.57. The quantitative estimate of drug-likeness (QED) is 0.845. The van der Waals surface area contributed by atoms with Gasteiger partial charge in [-0.2, -0.15) is 0 Å². The van der Waals surface area contributed by atoms with Crippen LogP contribution in [0.3, 0.4) is 0 Å². The third kappa shape index (κ3) is 1.93. The Morgan fingerprint density at radius 1 is 1.60 bits per heavy atom. The molecule has 2 heterocycles.